The predicted molar refractivity (Wildman–Crippen MR) is 199 cm³/mol. The Morgan fingerprint density at radius 2 is 1.52 bits per heavy atom. The van der Waals surface area contributed by atoms with Crippen molar-refractivity contribution in [2.75, 3.05) is 45.7 Å². The number of likely N-dealkylation sites (tertiary alicyclic amines) is 1. The lowest BCUT2D eigenvalue weighted by Gasteiger charge is -2.38. The highest BCUT2D eigenvalue weighted by atomic mass is 16.7. The molecule has 2 aliphatic heterocycles. The molecule has 18 heteroatoms. The minimum atomic E-state index is -1.94. The van der Waals surface area contributed by atoms with E-state index in [0.717, 1.165) is 0 Å². The molecular weight excluding hydrogens is 736 g/mol. The monoisotopic (exact) mass is 794 g/mol. The number of benzene rings is 1. The van der Waals surface area contributed by atoms with E-state index in [4.69, 9.17) is 18.9 Å². The molecule has 6 atom stereocenters. The maximum Gasteiger partial charge on any atom is 0.409 e. The van der Waals surface area contributed by atoms with Gasteiger partial charge >= 0.3 is 18.2 Å². The molecule has 0 spiro atoms. The van der Waals surface area contributed by atoms with Crippen molar-refractivity contribution < 1.29 is 68.1 Å². The van der Waals surface area contributed by atoms with Crippen LogP contribution in [0.15, 0.2) is 18.2 Å². The van der Waals surface area contributed by atoms with Gasteiger partial charge in [-0.25, -0.2) is 14.4 Å². The molecule has 3 rings (SSSR count). The summed E-state index contributed by atoms with van der Waals surface area (Å²) in [4.78, 5) is 78.9. The van der Waals surface area contributed by atoms with Crippen LogP contribution in [0, 0.1) is 16.7 Å². The van der Waals surface area contributed by atoms with Crippen LogP contribution in [-0.4, -0.2) is 142 Å². The van der Waals surface area contributed by atoms with E-state index in [1.165, 1.54) is 39.9 Å². The Balaban J connectivity index is 1.64. The van der Waals surface area contributed by atoms with Gasteiger partial charge in [0.15, 0.2) is 6.10 Å². The van der Waals surface area contributed by atoms with Gasteiger partial charge in [-0.1, -0.05) is 54.0 Å². The lowest BCUT2D eigenvalue weighted by atomic mass is 9.80. The number of imide groups is 1. The normalized spacial score (nSPS) is 22.7. The van der Waals surface area contributed by atoms with E-state index in [9.17, 15) is 49.2 Å². The van der Waals surface area contributed by atoms with Crippen molar-refractivity contribution in [3.05, 3.63) is 23.8 Å². The number of amides is 5. The molecule has 0 radical (unpaired) electrons. The average Bonchev–Trinajstić information content (AvgIpc) is 3.41. The lowest BCUT2D eigenvalue weighted by Crippen LogP contribution is -2.61. The van der Waals surface area contributed by atoms with Crippen LogP contribution >= 0.6 is 0 Å². The van der Waals surface area contributed by atoms with E-state index >= 15 is 0 Å². The maximum absolute atomic E-state index is 13.1. The fourth-order valence-electron chi connectivity index (χ4n) is 5.81. The summed E-state index contributed by atoms with van der Waals surface area (Å²) in [6.07, 6.45) is -9.02. The molecule has 2 saturated heterocycles. The molecule has 1 aromatic carbocycles. The van der Waals surface area contributed by atoms with Crippen molar-refractivity contribution in [2.45, 2.75) is 111 Å². The van der Waals surface area contributed by atoms with Gasteiger partial charge in [0.25, 0.3) is 0 Å². The first-order valence-electron chi connectivity index (χ1n) is 18.6. The fourth-order valence-corrected chi connectivity index (χ4v) is 5.81. The van der Waals surface area contributed by atoms with Gasteiger partial charge in [0.2, 0.25) is 24.0 Å². The highest BCUT2D eigenvalue weighted by molar-refractivity contribution is 6.03. The Morgan fingerprint density at radius 3 is 2.09 bits per heavy atom. The first-order valence-corrected chi connectivity index (χ1v) is 18.6. The highest BCUT2D eigenvalue weighted by Crippen LogP contribution is 2.36. The summed E-state index contributed by atoms with van der Waals surface area (Å²) in [5.41, 5.74) is -0.104. The second-order valence-corrected chi connectivity index (χ2v) is 16.6. The molecule has 2 fully saturated rings. The number of carboxylic acids is 1. The summed E-state index contributed by atoms with van der Waals surface area (Å²) in [6, 6.07) is 4.28. The molecule has 0 bridgehead atoms. The van der Waals surface area contributed by atoms with Gasteiger partial charge in [-0.15, -0.1) is 0 Å². The number of carbonyl (C=O) groups excluding carboxylic acids is 5. The molecule has 5 N–H and O–H groups in total. The zero-order valence-electron chi connectivity index (χ0n) is 33.5. The van der Waals surface area contributed by atoms with Crippen molar-refractivity contribution in [2.24, 2.45) is 16.7 Å². The quantitative estimate of drug-likeness (QED) is 0.119. The third-order valence-electron chi connectivity index (χ3n) is 9.33. The summed E-state index contributed by atoms with van der Waals surface area (Å²) in [7, 11) is 3.04. The standard InChI is InChI=1S/C38H58N4O14/c1-37(2,3)21-54-36(52)41(8)17-16-40(7)35(51)53-20-22-13-14-25(55-34-30(47)28(45)29(46)31(56-34)33(49)50)24(18-22)39-26(43)12-10-9-11-15-42-27(44)19-23(32(42)48)38(4,5)6/h13-14,18,23,28-31,34,45-47H,9-12,15-17,19-21H2,1-8H3,(H,39,43)(H,49,50). The van der Waals surface area contributed by atoms with E-state index in [1.807, 2.05) is 41.5 Å². The number of carboxylic acid groups (broad SMARTS) is 1. The molecule has 2 heterocycles. The number of aliphatic carboxylic acids is 1. The van der Waals surface area contributed by atoms with Gasteiger partial charge in [-0.05, 0) is 41.4 Å². The zero-order chi connectivity index (χ0) is 42.1. The van der Waals surface area contributed by atoms with E-state index in [2.05, 4.69) is 5.32 Å². The third-order valence-corrected chi connectivity index (χ3v) is 9.33. The number of nitrogens with one attached hydrogen (secondary N) is 1. The van der Waals surface area contributed by atoms with Crippen LogP contribution in [0.1, 0.15) is 79.2 Å². The van der Waals surface area contributed by atoms with Gasteiger partial charge in [-0.2, -0.15) is 0 Å². The molecule has 6 unspecified atom stereocenters. The Labute approximate surface area is 327 Å². The molecular formula is C38H58N4O14. The second-order valence-electron chi connectivity index (χ2n) is 16.6. The fraction of sp³-hybridized carbons (Fsp3) is 0.684. The van der Waals surface area contributed by atoms with Gasteiger partial charge < -0.3 is 54.5 Å². The van der Waals surface area contributed by atoms with Crippen LogP contribution in [0.5, 0.6) is 5.75 Å². The number of rotatable bonds is 16. The Kier molecular flexibility index (Phi) is 16.0. The number of hydrogen-bond acceptors (Lipinski definition) is 13. The summed E-state index contributed by atoms with van der Waals surface area (Å²) >= 11 is 0. The minimum Gasteiger partial charge on any atom is -0.479 e. The van der Waals surface area contributed by atoms with Crippen molar-refractivity contribution in [1.29, 1.82) is 0 Å². The van der Waals surface area contributed by atoms with Crippen LogP contribution in [-0.2, 0) is 40.0 Å². The summed E-state index contributed by atoms with van der Waals surface area (Å²) < 4.78 is 21.7. The SMILES string of the molecule is CN(CCN(C)C(=O)OCC(C)(C)C)C(=O)OCc1ccc(OC2OC(C(=O)O)C(O)C(O)C2O)c(NC(=O)CCCCCN2C(=O)CC(C(C)(C)C)C2=O)c1. The van der Waals surface area contributed by atoms with Crippen molar-refractivity contribution in [1.82, 2.24) is 14.7 Å². The van der Waals surface area contributed by atoms with Gasteiger partial charge in [-0.3, -0.25) is 19.3 Å². The number of aliphatic hydroxyl groups excluding tert-OH is 3. The topological polar surface area (TPSA) is 242 Å². The molecule has 0 aromatic heterocycles. The zero-order valence-corrected chi connectivity index (χ0v) is 33.5. The average molecular weight is 795 g/mol. The largest absolute Gasteiger partial charge is 0.479 e. The number of unbranched alkanes of at least 4 members (excludes halogenated alkanes) is 2. The molecule has 5 amide bonds. The third kappa shape index (κ3) is 13.0. The Morgan fingerprint density at radius 1 is 0.893 bits per heavy atom. The van der Waals surface area contributed by atoms with E-state index in [-0.39, 0.29) is 85.7 Å². The number of ether oxygens (including phenoxy) is 4. The number of likely N-dealkylation sites (N-methyl/N-ethyl adjacent to an activating group) is 2. The molecule has 56 heavy (non-hydrogen) atoms. The summed E-state index contributed by atoms with van der Waals surface area (Å²) in [5.74, 6) is -2.92. The minimum absolute atomic E-state index is 0.0305. The van der Waals surface area contributed by atoms with Crippen LogP contribution < -0.4 is 10.1 Å². The summed E-state index contributed by atoms with van der Waals surface area (Å²) in [6.45, 7) is 12.1. The van der Waals surface area contributed by atoms with Gasteiger partial charge in [0, 0.05) is 46.6 Å². The molecule has 314 valence electrons. The maximum atomic E-state index is 13.1. The molecule has 2 aliphatic rings. The summed E-state index contributed by atoms with van der Waals surface area (Å²) in [5, 5.41) is 43.0. The first kappa shape index (κ1) is 45.9. The van der Waals surface area contributed by atoms with Crippen LogP contribution in [0.3, 0.4) is 0 Å². The van der Waals surface area contributed by atoms with Crippen LogP contribution in [0.2, 0.25) is 0 Å². The lowest BCUT2D eigenvalue weighted by molar-refractivity contribution is -0.271. The Bertz CT molecular complexity index is 1570. The predicted octanol–water partition coefficient (Wildman–Crippen LogP) is 2.56. The van der Waals surface area contributed by atoms with E-state index in [1.54, 1.807) is 7.05 Å². The van der Waals surface area contributed by atoms with Crippen molar-refractivity contribution in [3.8, 4) is 5.75 Å². The number of nitrogens with zero attached hydrogens (tertiary/aromatic N) is 3. The second kappa shape index (κ2) is 19.6. The van der Waals surface area contributed by atoms with Crippen LogP contribution in [0.4, 0.5) is 15.3 Å². The highest BCUT2D eigenvalue weighted by Gasteiger charge is 2.48. The molecule has 0 aliphatic carbocycles. The van der Waals surface area contributed by atoms with Crippen molar-refractivity contribution >= 4 is 41.6 Å². The molecule has 1 aromatic rings. The van der Waals surface area contributed by atoms with Gasteiger partial charge in [0.05, 0.1) is 18.2 Å². The van der Waals surface area contributed by atoms with E-state index < -0.39 is 54.8 Å². The number of aliphatic hydroxyl groups is 3. The first-order chi connectivity index (χ1) is 26.0. The molecule has 18 nitrogen and oxygen atoms in total. The number of anilines is 1. The number of carbonyl (C=O) groups is 6. The Hall–Kier alpha value is -4.52. The molecule has 0 saturated carbocycles. The van der Waals surface area contributed by atoms with E-state index in [0.29, 0.717) is 24.8 Å². The van der Waals surface area contributed by atoms with Crippen molar-refractivity contribution in [3.63, 3.8) is 0 Å². The van der Waals surface area contributed by atoms with Crippen LogP contribution in [0.25, 0.3) is 0 Å². The smallest absolute Gasteiger partial charge is 0.409 e. The van der Waals surface area contributed by atoms with Gasteiger partial charge in [0.1, 0.15) is 30.7 Å². The number of hydrogen-bond donors (Lipinski definition) is 5.